The zero-order chi connectivity index (χ0) is 19.2. The van der Waals surface area contributed by atoms with Crippen molar-refractivity contribution in [2.45, 2.75) is 50.9 Å². The van der Waals surface area contributed by atoms with E-state index in [0.717, 1.165) is 12.8 Å². The smallest absolute Gasteiger partial charge is 0.124 e. The van der Waals surface area contributed by atoms with Crippen LogP contribution in [0.15, 0.2) is 60.7 Å². The van der Waals surface area contributed by atoms with Gasteiger partial charge in [-0.1, -0.05) is 60.7 Å². The summed E-state index contributed by atoms with van der Waals surface area (Å²) < 4.78 is 0. The van der Waals surface area contributed by atoms with Crippen LogP contribution in [-0.2, 0) is 25.7 Å². The number of hydrogen-bond acceptors (Lipinski definition) is 2. The van der Waals surface area contributed by atoms with Crippen molar-refractivity contribution < 1.29 is 0 Å². The SMILES string of the molecule is c1ccc(-c2c3c(nc4sc5c(c24)CCCC5)CCC(c2ccccc2)C3)cc1. The van der Waals surface area contributed by atoms with Gasteiger partial charge in [0, 0.05) is 16.0 Å². The van der Waals surface area contributed by atoms with Crippen LogP contribution in [0, 0.1) is 0 Å². The number of pyridine rings is 1. The minimum Gasteiger partial charge on any atom is -0.242 e. The van der Waals surface area contributed by atoms with Crippen molar-refractivity contribution in [2.75, 3.05) is 0 Å². The molecule has 2 aromatic heterocycles. The molecule has 4 aromatic rings. The Labute approximate surface area is 176 Å². The van der Waals surface area contributed by atoms with Crippen molar-refractivity contribution in [2.24, 2.45) is 0 Å². The molecule has 0 aliphatic heterocycles. The maximum Gasteiger partial charge on any atom is 0.124 e. The maximum absolute atomic E-state index is 5.25. The van der Waals surface area contributed by atoms with Crippen LogP contribution in [0.1, 0.15) is 52.4 Å². The number of nitrogens with zero attached hydrogens (tertiary/aromatic N) is 1. The van der Waals surface area contributed by atoms with Crippen molar-refractivity contribution >= 4 is 21.6 Å². The van der Waals surface area contributed by atoms with E-state index in [0.29, 0.717) is 5.92 Å². The fraction of sp³-hybridized carbons (Fsp3) is 0.296. The largest absolute Gasteiger partial charge is 0.242 e. The van der Waals surface area contributed by atoms with Crippen LogP contribution in [0.2, 0.25) is 0 Å². The van der Waals surface area contributed by atoms with Gasteiger partial charge in [0.05, 0.1) is 0 Å². The van der Waals surface area contributed by atoms with Gasteiger partial charge in [-0.25, -0.2) is 4.98 Å². The second kappa shape index (κ2) is 7.11. The Kier molecular flexibility index (Phi) is 4.27. The third kappa shape index (κ3) is 2.93. The van der Waals surface area contributed by atoms with Gasteiger partial charge < -0.3 is 0 Å². The number of aryl methyl sites for hydroxylation is 3. The second-order valence-electron chi connectivity index (χ2n) is 8.52. The summed E-state index contributed by atoms with van der Waals surface area (Å²) in [7, 11) is 0. The number of fused-ring (bicyclic) bond motifs is 4. The van der Waals surface area contributed by atoms with Crippen LogP contribution >= 0.6 is 11.3 Å². The summed E-state index contributed by atoms with van der Waals surface area (Å²) >= 11 is 1.97. The standard InChI is InChI=1S/C27H25NS/c1-3-9-18(10-4-1)20-15-16-23-22(17-20)25(19-11-5-2-6-12-19)26-21-13-7-8-14-24(21)29-27(26)28-23/h1-6,9-12,20H,7-8,13-17H2. The van der Waals surface area contributed by atoms with Gasteiger partial charge in [-0.15, -0.1) is 11.3 Å². The average molecular weight is 396 g/mol. The molecule has 0 radical (unpaired) electrons. The van der Waals surface area contributed by atoms with Crippen molar-refractivity contribution in [3.05, 3.63) is 87.9 Å². The van der Waals surface area contributed by atoms with E-state index in [1.807, 2.05) is 11.3 Å². The van der Waals surface area contributed by atoms with E-state index >= 15 is 0 Å². The van der Waals surface area contributed by atoms with Gasteiger partial charge in [0.25, 0.3) is 0 Å². The summed E-state index contributed by atoms with van der Waals surface area (Å²) in [5.41, 5.74) is 8.80. The Morgan fingerprint density at radius 1 is 0.793 bits per heavy atom. The van der Waals surface area contributed by atoms with E-state index in [2.05, 4.69) is 60.7 Å². The Morgan fingerprint density at radius 2 is 1.55 bits per heavy atom. The van der Waals surface area contributed by atoms with Crippen molar-refractivity contribution in [1.29, 1.82) is 0 Å². The normalized spacial score (nSPS) is 18.4. The molecule has 1 atom stereocenters. The predicted octanol–water partition coefficient (Wildman–Crippen LogP) is 7.11. The Bertz CT molecular complexity index is 1170. The van der Waals surface area contributed by atoms with Gasteiger partial charge in [-0.05, 0) is 78.7 Å². The summed E-state index contributed by atoms with van der Waals surface area (Å²) in [4.78, 5) is 8.13. The van der Waals surface area contributed by atoms with Gasteiger partial charge in [0.2, 0.25) is 0 Å². The first kappa shape index (κ1) is 17.4. The molecule has 0 saturated heterocycles. The lowest BCUT2D eigenvalue weighted by molar-refractivity contribution is 0.577. The second-order valence-corrected chi connectivity index (χ2v) is 9.60. The van der Waals surface area contributed by atoms with Crippen LogP contribution in [0.25, 0.3) is 21.3 Å². The number of thiophene rings is 1. The third-order valence-electron chi connectivity index (χ3n) is 6.80. The van der Waals surface area contributed by atoms with Crippen LogP contribution in [0.3, 0.4) is 0 Å². The highest BCUT2D eigenvalue weighted by Crippen LogP contribution is 2.46. The molecule has 29 heavy (non-hydrogen) atoms. The molecule has 2 aliphatic carbocycles. The van der Waals surface area contributed by atoms with Crippen LogP contribution in [0.4, 0.5) is 0 Å². The van der Waals surface area contributed by atoms with E-state index in [4.69, 9.17) is 4.98 Å². The van der Waals surface area contributed by atoms with Crippen molar-refractivity contribution in [1.82, 2.24) is 4.98 Å². The minimum atomic E-state index is 0.597. The van der Waals surface area contributed by atoms with E-state index in [9.17, 15) is 0 Å². The lowest BCUT2D eigenvalue weighted by Crippen LogP contribution is -2.15. The topological polar surface area (TPSA) is 12.9 Å². The average Bonchev–Trinajstić information content (AvgIpc) is 3.16. The fourth-order valence-electron chi connectivity index (χ4n) is 5.39. The Morgan fingerprint density at radius 3 is 2.38 bits per heavy atom. The quantitative estimate of drug-likeness (QED) is 0.352. The van der Waals surface area contributed by atoms with Gasteiger partial charge in [-0.2, -0.15) is 0 Å². The zero-order valence-corrected chi connectivity index (χ0v) is 17.5. The number of hydrogen-bond donors (Lipinski definition) is 0. The van der Waals surface area contributed by atoms with Gasteiger partial charge in [0.15, 0.2) is 0 Å². The Hall–Kier alpha value is -2.45. The summed E-state index contributed by atoms with van der Waals surface area (Å²) in [6.45, 7) is 0. The molecule has 0 amide bonds. The maximum atomic E-state index is 5.25. The van der Waals surface area contributed by atoms with Gasteiger partial charge >= 0.3 is 0 Å². The predicted molar refractivity (Wildman–Crippen MR) is 123 cm³/mol. The molecule has 2 aromatic carbocycles. The highest BCUT2D eigenvalue weighted by Gasteiger charge is 2.28. The van der Waals surface area contributed by atoms with E-state index in [1.54, 1.807) is 10.4 Å². The Balaban J connectivity index is 1.60. The van der Waals surface area contributed by atoms with Gasteiger partial charge in [-0.3, -0.25) is 0 Å². The fourth-order valence-corrected chi connectivity index (χ4v) is 6.68. The van der Waals surface area contributed by atoms with E-state index in [-0.39, 0.29) is 0 Å². The first-order valence-corrected chi connectivity index (χ1v) is 11.8. The molecule has 0 spiro atoms. The zero-order valence-electron chi connectivity index (χ0n) is 16.7. The number of benzene rings is 2. The molecule has 0 N–H and O–H groups in total. The molecule has 1 unspecified atom stereocenters. The third-order valence-corrected chi connectivity index (χ3v) is 7.99. The molecule has 2 heteroatoms. The molecule has 6 rings (SSSR count). The molecule has 2 aliphatic rings. The summed E-state index contributed by atoms with van der Waals surface area (Å²) in [5.74, 6) is 0.597. The first-order chi connectivity index (χ1) is 14.4. The molecular formula is C27H25NS. The lowest BCUT2D eigenvalue weighted by Gasteiger charge is -2.27. The van der Waals surface area contributed by atoms with Gasteiger partial charge in [0.1, 0.15) is 4.83 Å². The molecule has 2 heterocycles. The molecule has 1 nitrogen and oxygen atoms in total. The van der Waals surface area contributed by atoms with E-state index < -0.39 is 0 Å². The molecule has 144 valence electrons. The number of rotatable bonds is 2. The molecule has 0 fully saturated rings. The summed E-state index contributed by atoms with van der Waals surface area (Å²) in [6, 6.07) is 22.2. The minimum absolute atomic E-state index is 0.597. The summed E-state index contributed by atoms with van der Waals surface area (Å²) in [5, 5.41) is 1.48. The lowest BCUT2D eigenvalue weighted by atomic mass is 9.78. The molecular weight excluding hydrogens is 370 g/mol. The van der Waals surface area contributed by atoms with Crippen LogP contribution in [-0.4, -0.2) is 4.98 Å². The van der Waals surface area contributed by atoms with Crippen molar-refractivity contribution in [3.63, 3.8) is 0 Å². The van der Waals surface area contributed by atoms with Crippen molar-refractivity contribution in [3.8, 4) is 11.1 Å². The van der Waals surface area contributed by atoms with E-state index in [1.165, 1.54) is 70.3 Å². The van der Waals surface area contributed by atoms with Crippen LogP contribution < -0.4 is 0 Å². The molecule has 0 bridgehead atoms. The van der Waals surface area contributed by atoms with Crippen LogP contribution in [0.5, 0.6) is 0 Å². The molecule has 0 saturated carbocycles. The summed E-state index contributed by atoms with van der Waals surface area (Å²) in [6.07, 6.45) is 8.51. The highest BCUT2D eigenvalue weighted by molar-refractivity contribution is 7.19. The highest BCUT2D eigenvalue weighted by atomic mass is 32.1. The first-order valence-electron chi connectivity index (χ1n) is 10.9. The monoisotopic (exact) mass is 395 g/mol. The number of aromatic nitrogens is 1.